The molecule has 0 N–H and O–H groups in total. The lowest BCUT2D eigenvalue weighted by Crippen LogP contribution is -2.53. The van der Waals surface area contributed by atoms with Crippen LogP contribution in [0.25, 0.3) is 0 Å². The van der Waals surface area contributed by atoms with E-state index in [9.17, 15) is 9.59 Å². The SMILES string of the molecule is O=C1OC(C(=O)N2CCN(c3ncccn3)CC2)Cc2ccccc21. The van der Waals surface area contributed by atoms with E-state index in [1.807, 2.05) is 17.0 Å². The minimum Gasteiger partial charge on any atom is -0.448 e. The molecular weight excluding hydrogens is 320 g/mol. The Morgan fingerprint density at radius 1 is 1.04 bits per heavy atom. The van der Waals surface area contributed by atoms with Crippen molar-refractivity contribution in [1.82, 2.24) is 14.9 Å². The second-order valence-electron chi connectivity index (χ2n) is 6.12. The van der Waals surface area contributed by atoms with Crippen molar-refractivity contribution < 1.29 is 14.3 Å². The Hall–Kier alpha value is -2.96. The number of hydrogen-bond donors (Lipinski definition) is 0. The van der Waals surface area contributed by atoms with Gasteiger partial charge in [-0.1, -0.05) is 18.2 Å². The first-order chi connectivity index (χ1) is 12.2. The summed E-state index contributed by atoms with van der Waals surface area (Å²) in [4.78, 5) is 37.1. The third-order valence-electron chi connectivity index (χ3n) is 4.59. The van der Waals surface area contributed by atoms with Crippen molar-refractivity contribution in [1.29, 1.82) is 0 Å². The number of fused-ring (bicyclic) bond motifs is 1. The number of carbonyl (C=O) groups is 2. The maximum atomic E-state index is 12.8. The zero-order chi connectivity index (χ0) is 17.2. The number of carbonyl (C=O) groups excluding carboxylic acids is 2. The van der Waals surface area contributed by atoms with Crippen LogP contribution < -0.4 is 4.90 Å². The summed E-state index contributed by atoms with van der Waals surface area (Å²) in [6, 6.07) is 9.06. The highest BCUT2D eigenvalue weighted by atomic mass is 16.5. The maximum Gasteiger partial charge on any atom is 0.339 e. The third kappa shape index (κ3) is 3.05. The summed E-state index contributed by atoms with van der Waals surface area (Å²) in [5.41, 5.74) is 1.42. The van der Waals surface area contributed by atoms with E-state index in [4.69, 9.17) is 4.74 Å². The second-order valence-corrected chi connectivity index (χ2v) is 6.12. The molecule has 2 aliphatic rings. The fraction of sp³-hybridized carbons (Fsp3) is 0.333. The van der Waals surface area contributed by atoms with Crippen LogP contribution in [0.5, 0.6) is 0 Å². The monoisotopic (exact) mass is 338 g/mol. The van der Waals surface area contributed by atoms with Crippen molar-refractivity contribution in [3.8, 4) is 0 Å². The molecule has 0 radical (unpaired) electrons. The van der Waals surface area contributed by atoms with Crippen LogP contribution in [0.3, 0.4) is 0 Å². The van der Waals surface area contributed by atoms with Gasteiger partial charge in [-0.15, -0.1) is 0 Å². The van der Waals surface area contributed by atoms with Gasteiger partial charge in [0.15, 0.2) is 6.10 Å². The van der Waals surface area contributed by atoms with Crippen molar-refractivity contribution >= 4 is 17.8 Å². The molecule has 1 unspecified atom stereocenters. The number of piperazine rings is 1. The average molecular weight is 338 g/mol. The standard InChI is InChI=1S/C18H18N4O3/c23-16(15-12-13-4-1-2-5-14(13)17(24)25-15)21-8-10-22(11-9-21)18-19-6-3-7-20-18/h1-7,15H,8-12H2. The van der Waals surface area contributed by atoms with E-state index in [-0.39, 0.29) is 5.91 Å². The lowest BCUT2D eigenvalue weighted by Gasteiger charge is -2.36. The van der Waals surface area contributed by atoms with Crippen LogP contribution in [-0.2, 0) is 16.0 Å². The number of hydrogen-bond acceptors (Lipinski definition) is 6. The Labute approximate surface area is 145 Å². The molecule has 1 atom stereocenters. The van der Waals surface area contributed by atoms with Crippen molar-refractivity contribution in [2.45, 2.75) is 12.5 Å². The van der Waals surface area contributed by atoms with Gasteiger partial charge in [0.05, 0.1) is 5.56 Å². The Morgan fingerprint density at radius 3 is 2.52 bits per heavy atom. The van der Waals surface area contributed by atoms with E-state index in [0.29, 0.717) is 44.1 Å². The van der Waals surface area contributed by atoms with E-state index in [0.717, 1.165) is 5.56 Å². The van der Waals surface area contributed by atoms with E-state index in [1.54, 1.807) is 35.5 Å². The number of anilines is 1. The van der Waals surface area contributed by atoms with Crippen LogP contribution in [0, 0.1) is 0 Å². The Balaban J connectivity index is 1.41. The first-order valence-electron chi connectivity index (χ1n) is 8.32. The fourth-order valence-electron chi connectivity index (χ4n) is 3.25. The van der Waals surface area contributed by atoms with Crippen LogP contribution in [-0.4, -0.2) is 59.0 Å². The number of amides is 1. The fourth-order valence-corrected chi connectivity index (χ4v) is 3.25. The maximum absolute atomic E-state index is 12.8. The molecule has 7 nitrogen and oxygen atoms in total. The summed E-state index contributed by atoms with van der Waals surface area (Å²) >= 11 is 0. The van der Waals surface area contributed by atoms with Gasteiger partial charge in [-0.05, 0) is 17.7 Å². The molecule has 25 heavy (non-hydrogen) atoms. The zero-order valence-corrected chi connectivity index (χ0v) is 13.7. The molecule has 1 amide bonds. The molecule has 1 aromatic carbocycles. The Kier molecular flexibility index (Phi) is 4.05. The number of rotatable bonds is 2. The quantitative estimate of drug-likeness (QED) is 0.758. The highest BCUT2D eigenvalue weighted by Crippen LogP contribution is 2.22. The van der Waals surface area contributed by atoms with Crippen LogP contribution >= 0.6 is 0 Å². The predicted molar refractivity (Wildman–Crippen MR) is 90.2 cm³/mol. The Bertz CT molecular complexity index is 788. The molecule has 0 saturated carbocycles. The summed E-state index contributed by atoms with van der Waals surface area (Å²) in [6.07, 6.45) is 3.11. The van der Waals surface area contributed by atoms with Crippen molar-refractivity contribution in [3.63, 3.8) is 0 Å². The molecular formula is C18H18N4O3. The third-order valence-corrected chi connectivity index (χ3v) is 4.59. The lowest BCUT2D eigenvalue weighted by atomic mass is 9.98. The normalized spacial score (nSPS) is 20.0. The molecule has 1 aromatic heterocycles. The van der Waals surface area contributed by atoms with E-state index in [1.165, 1.54) is 0 Å². The summed E-state index contributed by atoms with van der Waals surface area (Å²) in [5.74, 6) is 0.126. The summed E-state index contributed by atoms with van der Waals surface area (Å²) in [6.45, 7) is 2.44. The smallest absolute Gasteiger partial charge is 0.339 e. The highest BCUT2D eigenvalue weighted by Gasteiger charge is 2.35. The molecule has 1 fully saturated rings. The molecule has 0 aliphatic carbocycles. The summed E-state index contributed by atoms with van der Waals surface area (Å²) in [5, 5.41) is 0. The molecule has 1 saturated heterocycles. The first kappa shape index (κ1) is 15.6. The van der Waals surface area contributed by atoms with Gasteiger partial charge in [0.2, 0.25) is 5.95 Å². The number of cyclic esters (lactones) is 1. The molecule has 2 aliphatic heterocycles. The molecule has 4 rings (SSSR count). The summed E-state index contributed by atoms with van der Waals surface area (Å²) < 4.78 is 5.37. The predicted octanol–water partition coefficient (Wildman–Crippen LogP) is 0.907. The Morgan fingerprint density at radius 2 is 1.76 bits per heavy atom. The van der Waals surface area contributed by atoms with Crippen LogP contribution in [0.4, 0.5) is 5.95 Å². The van der Waals surface area contributed by atoms with Gasteiger partial charge in [0, 0.05) is 45.0 Å². The zero-order valence-electron chi connectivity index (χ0n) is 13.7. The number of aromatic nitrogens is 2. The van der Waals surface area contributed by atoms with E-state index in [2.05, 4.69) is 9.97 Å². The molecule has 3 heterocycles. The van der Waals surface area contributed by atoms with Crippen molar-refractivity contribution in [2.24, 2.45) is 0 Å². The number of nitrogens with zero attached hydrogens (tertiary/aromatic N) is 4. The van der Waals surface area contributed by atoms with Gasteiger partial charge in [-0.25, -0.2) is 14.8 Å². The largest absolute Gasteiger partial charge is 0.448 e. The molecule has 0 spiro atoms. The highest BCUT2D eigenvalue weighted by molar-refractivity contribution is 5.95. The molecule has 0 bridgehead atoms. The first-order valence-corrected chi connectivity index (χ1v) is 8.32. The van der Waals surface area contributed by atoms with Gasteiger partial charge in [-0.2, -0.15) is 0 Å². The van der Waals surface area contributed by atoms with E-state index < -0.39 is 12.1 Å². The van der Waals surface area contributed by atoms with Gasteiger partial charge >= 0.3 is 5.97 Å². The van der Waals surface area contributed by atoms with E-state index >= 15 is 0 Å². The topological polar surface area (TPSA) is 75.6 Å². The number of esters is 1. The minimum atomic E-state index is -0.734. The molecule has 2 aromatic rings. The molecule has 128 valence electrons. The summed E-state index contributed by atoms with van der Waals surface area (Å²) in [7, 11) is 0. The second kappa shape index (κ2) is 6.51. The van der Waals surface area contributed by atoms with Crippen LogP contribution in [0.15, 0.2) is 42.7 Å². The number of benzene rings is 1. The van der Waals surface area contributed by atoms with Crippen LogP contribution in [0.1, 0.15) is 15.9 Å². The van der Waals surface area contributed by atoms with Crippen LogP contribution in [0.2, 0.25) is 0 Å². The van der Waals surface area contributed by atoms with Gasteiger partial charge in [-0.3, -0.25) is 4.79 Å². The number of ether oxygens (including phenoxy) is 1. The average Bonchev–Trinajstić information content (AvgIpc) is 2.68. The lowest BCUT2D eigenvalue weighted by molar-refractivity contribution is -0.141. The van der Waals surface area contributed by atoms with Gasteiger partial charge in [0.25, 0.3) is 5.91 Å². The van der Waals surface area contributed by atoms with Gasteiger partial charge in [0.1, 0.15) is 0 Å². The molecule has 7 heteroatoms. The van der Waals surface area contributed by atoms with Gasteiger partial charge < -0.3 is 14.5 Å². The van der Waals surface area contributed by atoms with Crippen molar-refractivity contribution in [2.75, 3.05) is 31.1 Å². The van der Waals surface area contributed by atoms with Crippen molar-refractivity contribution in [3.05, 3.63) is 53.9 Å². The minimum absolute atomic E-state index is 0.128.